The Bertz CT molecular complexity index is 1000. The fraction of sp³-hybridized carbons (Fsp3) is 0.500. The minimum absolute atomic E-state index is 0.0180. The third kappa shape index (κ3) is 7.91. The normalized spacial score (nSPS) is 14.9. The number of amides is 1. The molecule has 190 valence electrons. The monoisotopic (exact) mass is 507 g/mol. The highest BCUT2D eigenvalue weighted by atomic mass is 35.5. The highest BCUT2D eigenvalue weighted by molar-refractivity contribution is 6.28. The number of halogens is 1. The van der Waals surface area contributed by atoms with Crippen LogP contribution in [-0.2, 0) is 16.0 Å². The first-order valence-electron chi connectivity index (χ1n) is 11.1. The van der Waals surface area contributed by atoms with Gasteiger partial charge in [0, 0.05) is 60.3 Å². The number of nitrogens with one attached hydrogen (secondary N) is 1. The second kappa shape index (κ2) is 12.5. The molecule has 0 bridgehead atoms. The van der Waals surface area contributed by atoms with E-state index in [1.165, 1.54) is 4.90 Å². The number of anilines is 2. The third-order valence-corrected chi connectivity index (χ3v) is 5.57. The lowest BCUT2D eigenvalue weighted by Crippen LogP contribution is -2.48. The number of aromatic nitrogens is 3. The molecule has 3 rings (SSSR count). The molecule has 1 aliphatic heterocycles. The van der Waals surface area contributed by atoms with Gasteiger partial charge in [0.15, 0.2) is 0 Å². The highest BCUT2D eigenvalue weighted by Gasteiger charge is 2.23. The molecule has 2 N–H and O–H groups in total. The van der Waals surface area contributed by atoms with Gasteiger partial charge in [0.05, 0.1) is 6.61 Å². The maximum atomic E-state index is 11.9. The van der Waals surface area contributed by atoms with Crippen molar-refractivity contribution >= 4 is 35.6 Å². The molecule has 13 heteroatoms. The maximum Gasteiger partial charge on any atom is 0.414 e. The largest absolute Gasteiger partial charge is 0.480 e. The second-order valence-electron chi connectivity index (χ2n) is 8.20. The fourth-order valence-electron chi connectivity index (χ4n) is 3.41. The number of hydrogen-bond acceptors (Lipinski definition) is 10. The van der Waals surface area contributed by atoms with Crippen molar-refractivity contribution in [3.63, 3.8) is 0 Å². The third-order valence-electron chi connectivity index (χ3n) is 5.40. The van der Waals surface area contributed by atoms with Crippen LogP contribution < -0.4 is 15.0 Å². The van der Waals surface area contributed by atoms with E-state index in [0.29, 0.717) is 31.4 Å². The molecule has 1 fully saturated rings. The number of benzene rings is 1. The number of hydrogen-bond donors (Lipinski definition) is 2. The minimum atomic E-state index is -1.07. The lowest BCUT2D eigenvalue weighted by Gasteiger charge is -2.34. The van der Waals surface area contributed by atoms with E-state index >= 15 is 0 Å². The fourth-order valence-corrected chi connectivity index (χ4v) is 3.57. The Balaban J connectivity index is 1.64. The van der Waals surface area contributed by atoms with E-state index < -0.39 is 18.1 Å². The number of methoxy groups -OCH3 is 1. The van der Waals surface area contributed by atoms with Crippen molar-refractivity contribution < 1.29 is 24.2 Å². The molecule has 0 unspecified atom stereocenters. The Morgan fingerprint density at radius 1 is 1.14 bits per heavy atom. The standard InChI is InChI=1S/C22H30ClN7O5/c1-28(2)22(33)35-16-6-4-15(5-7-16)14-17(18(31)32)24-20-25-19(23)26-21(27-20)30-10-8-29(9-11-30)12-13-34-3/h4-7,17H,8-14H2,1-3H3,(H,31,32)(H,24,25,26,27)/t17-/m0/s1. The minimum Gasteiger partial charge on any atom is -0.480 e. The molecule has 1 amide bonds. The van der Waals surface area contributed by atoms with E-state index in [4.69, 9.17) is 21.1 Å². The summed E-state index contributed by atoms with van der Waals surface area (Å²) in [5.74, 6) is -0.220. The summed E-state index contributed by atoms with van der Waals surface area (Å²) in [5, 5.41) is 12.6. The lowest BCUT2D eigenvalue weighted by molar-refractivity contribution is -0.137. The van der Waals surface area contributed by atoms with Crippen molar-refractivity contribution in [2.75, 3.05) is 70.8 Å². The quantitative estimate of drug-likeness (QED) is 0.484. The summed E-state index contributed by atoms with van der Waals surface area (Å²) in [6, 6.07) is 5.61. The number of carboxylic acids is 1. The number of rotatable bonds is 10. The van der Waals surface area contributed by atoms with Gasteiger partial charge >= 0.3 is 12.1 Å². The molecule has 0 radical (unpaired) electrons. The van der Waals surface area contributed by atoms with Crippen LogP contribution in [-0.4, -0.2) is 108 Å². The average Bonchev–Trinajstić information content (AvgIpc) is 2.83. The SMILES string of the molecule is COCCN1CCN(c2nc(Cl)nc(N[C@@H](Cc3ccc(OC(=O)N(C)C)cc3)C(=O)O)n2)CC1. The van der Waals surface area contributed by atoms with Gasteiger partial charge in [-0.1, -0.05) is 12.1 Å². The van der Waals surface area contributed by atoms with Crippen molar-refractivity contribution in [3.8, 4) is 5.75 Å². The van der Waals surface area contributed by atoms with E-state index in [1.807, 2.05) is 4.90 Å². The predicted octanol–water partition coefficient (Wildman–Crippen LogP) is 1.46. The van der Waals surface area contributed by atoms with Crippen LogP contribution in [0.2, 0.25) is 5.28 Å². The summed E-state index contributed by atoms with van der Waals surface area (Å²) in [5.41, 5.74) is 0.724. The van der Waals surface area contributed by atoms with Crippen molar-refractivity contribution in [1.29, 1.82) is 0 Å². The van der Waals surface area contributed by atoms with Crippen LogP contribution in [0, 0.1) is 0 Å². The predicted molar refractivity (Wildman–Crippen MR) is 130 cm³/mol. The first-order valence-corrected chi connectivity index (χ1v) is 11.5. The highest BCUT2D eigenvalue weighted by Crippen LogP contribution is 2.18. The van der Waals surface area contributed by atoms with Crippen LogP contribution in [0.1, 0.15) is 5.56 Å². The van der Waals surface area contributed by atoms with Crippen LogP contribution in [0.3, 0.4) is 0 Å². The Morgan fingerprint density at radius 2 is 1.83 bits per heavy atom. The Morgan fingerprint density at radius 3 is 2.43 bits per heavy atom. The van der Waals surface area contributed by atoms with Gasteiger partial charge in [-0.25, -0.2) is 9.59 Å². The Labute approximate surface area is 208 Å². The van der Waals surface area contributed by atoms with Crippen molar-refractivity contribution in [3.05, 3.63) is 35.1 Å². The molecule has 2 aromatic rings. The molecule has 1 aliphatic rings. The molecule has 1 aromatic heterocycles. The van der Waals surface area contributed by atoms with Gasteiger partial charge in [-0.3, -0.25) is 4.90 Å². The zero-order valence-electron chi connectivity index (χ0n) is 20.0. The van der Waals surface area contributed by atoms with Crippen LogP contribution in [0.5, 0.6) is 5.75 Å². The number of carbonyl (C=O) groups is 2. The summed E-state index contributed by atoms with van der Waals surface area (Å²) < 4.78 is 10.3. The average molecular weight is 508 g/mol. The van der Waals surface area contributed by atoms with Gasteiger partial charge in [-0.2, -0.15) is 15.0 Å². The van der Waals surface area contributed by atoms with Gasteiger partial charge in [-0.05, 0) is 29.3 Å². The number of nitrogens with zero attached hydrogens (tertiary/aromatic N) is 6. The van der Waals surface area contributed by atoms with Crippen molar-refractivity contribution in [2.45, 2.75) is 12.5 Å². The first-order chi connectivity index (χ1) is 16.7. The molecular formula is C22H30ClN7O5. The molecule has 1 atom stereocenters. The van der Waals surface area contributed by atoms with Crippen LogP contribution in [0.15, 0.2) is 24.3 Å². The molecule has 2 heterocycles. The smallest absolute Gasteiger partial charge is 0.414 e. The van der Waals surface area contributed by atoms with Crippen molar-refractivity contribution in [1.82, 2.24) is 24.8 Å². The topological polar surface area (TPSA) is 133 Å². The van der Waals surface area contributed by atoms with Crippen LogP contribution >= 0.6 is 11.6 Å². The summed E-state index contributed by atoms with van der Waals surface area (Å²) in [4.78, 5) is 41.9. The van der Waals surface area contributed by atoms with E-state index in [1.54, 1.807) is 45.5 Å². The molecule has 0 saturated carbocycles. The second-order valence-corrected chi connectivity index (χ2v) is 8.53. The molecule has 0 spiro atoms. The van der Waals surface area contributed by atoms with E-state index in [-0.39, 0.29) is 17.7 Å². The van der Waals surface area contributed by atoms with Crippen LogP contribution in [0.4, 0.5) is 16.7 Å². The molecular weight excluding hydrogens is 478 g/mol. The van der Waals surface area contributed by atoms with Crippen LogP contribution in [0.25, 0.3) is 0 Å². The molecule has 1 saturated heterocycles. The van der Waals surface area contributed by atoms with Crippen molar-refractivity contribution in [2.24, 2.45) is 0 Å². The molecule has 0 aliphatic carbocycles. The van der Waals surface area contributed by atoms with Gasteiger partial charge in [-0.15, -0.1) is 0 Å². The summed E-state index contributed by atoms with van der Waals surface area (Å²) >= 11 is 6.12. The summed E-state index contributed by atoms with van der Waals surface area (Å²) in [6.07, 6.45) is -0.352. The Kier molecular flexibility index (Phi) is 9.40. The van der Waals surface area contributed by atoms with E-state index in [9.17, 15) is 14.7 Å². The molecule has 1 aromatic carbocycles. The maximum absolute atomic E-state index is 11.9. The molecule has 12 nitrogen and oxygen atoms in total. The number of piperazine rings is 1. The van der Waals surface area contributed by atoms with E-state index in [2.05, 4.69) is 25.2 Å². The molecule has 35 heavy (non-hydrogen) atoms. The number of aliphatic carboxylic acids is 1. The van der Waals surface area contributed by atoms with Gasteiger partial charge in [0.25, 0.3) is 0 Å². The van der Waals surface area contributed by atoms with Gasteiger partial charge < -0.3 is 29.7 Å². The van der Waals surface area contributed by atoms with E-state index in [0.717, 1.165) is 25.2 Å². The first kappa shape index (κ1) is 26.4. The zero-order chi connectivity index (χ0) is 25.4. The van der Waals surface area contributed by atoms with Gasteiger partial charge in [0.1, 0.15) is 11.8 Å². The summed E-state index contributed by atoms with van der Waals surface area (Å²) in [6.45, 7) is 4.59. The zero-order valence-corrected chi connectivity index (χ0v) is 20.7. The van der Waals surface area contributed by atoms with Gasteiger partial charge in [0.2, 0.25) is 17.2 Å². The number of carbonyl (C=O) groups excluding carboxylic acids is 1. The summed E-state index contributed by atoms with van der Waals surface area (Å²) in [7, 11) is 4.85. The Hall–Kier alpha value is -3.22. The lowest BCUT2D eigenvalue weighted by atomic mass is 10.1. The number of ether oxygens (including phenoxy) is 2. The number of carboxylic acid groups (broad SMARTS) is 1.